The largest absolute Gasteiger partial charge is 0.373 e. The van der Waals surface area contributed by atoms with Gasteiger partial charge in [0.05, 0.1) is 12.1 Å². The molecule has 3 aromatic rings. The predicted octanol–water partition coefficient (Wildman–Crippen LogP) is 2.64. The van der Waals surface area contributed by atoms with Gasteiger partial charge in [0.15, 0.2) is 5.82 Å². The van der Waals surface area contributed by atoms with Gasteiger partial charge >= 0.3 is 5.97 Å². The summed E-state index contributed by atoms with van der Waals surface area (Å²) in [6, 6.07) is 15.2. The number of aromatic nitrogens is 3. The van der Waals surface area contributed by atoms with Crippen LogP contribution in [0.25, 0.3) is 11.4 Å². The average molecular weight is 504 g/mol. The first-order valence-electron chi connectivity index (χ1n) is 8.81. The molecule has 0 atom stereocenters. The van der Waals surface area contributed by atoms with Crippen LogP contribution in [0.15, 0.2) is 48.5 Å². The van der Waals surface area contributed by atoms with Crippen LogP contribution >= 0.6 is 20.7 Å². The van der Waals surface area contributed by atoms with Crippen LogP contribution in [0.4, 0.5) is 11.6 Å². The highest BCUT2D eigenvalue weighted by molar-refractivity contribution is 14.2. The van der Waals surface area contributed by atoms with Crippen LogP contribution in [0.3, 0.4) is 0 Å². The molecule has 0 unspecified atom stereocenters. The second kappa shape index (κ2) is 9.63. The third kappa shape index (κ3) is 5.19. The van der Waals surface area contributed by atoms with Gasteiger partial charge in [-0.1, -0.05) is 56.4 Å². The van der Waals surface area contributed by atoms with E-state index in [1.54, 1.807) is 24.3 Å². The topological polar surface area (TPSA) is 120 Å². The second-order valence-corrected chi connectivity index (χ2v) is 8.08. The summed E-state index contributed by atoms with van der Waals surface area (Å²) in [5, 5.41) is 1.40. The average Bonchev–Trinajstić information content (AvgIpc) is 2.78. The van der Waals surface area contributed by atoms with E-state index in [-0.39, 0.29) is 27.2 Å². The third-order valence-electron chi connectivity index (χ3n) is 4.13. The maximum absolute atomic E-state index is 11.3. The quantitative estimate of drug-likeness (QED) is 0.286. The zero-order valence-corrected chi connectivity index (χ0v) is 18.0. The van der Waals surface area contributed by atoms with Crippen molar-refractivity contribution in [1.29, 1.82) is 0 Å². The van der Waals surface area contributed by atoms with Gasteiger partial charge in [-0.2, -0.15) is 15.9 Å². The number of halogens is 1. The SMILES string of the molecule is C=Ic1cccc(-c2nc(CC)nc(N(N)c3ccc(CC(=O)ON)cc3)n2)c1. The van der Waals surface area contributed by atoms with Crippen molar-refractivity contribution in [3.63, 3.8) is 0 Å². The van der Waals surface area contributed by atoms with Gasteiger partial charge in [0.1, 0.15) is 5.82 Å². The summed E-state index contributed by atoms with van der Waals surface area (Å²) >= 11 is -0.277. The fourth-order valence-corrected chi connectivity index (χ4v) is 3.63. The summed E-state index contributed by atoms with van der Waals surface area (Å²) in [6.07, 6.45) is 0.737. The van der Waals surface area contributed by atoms with Crippen molar-refractivity contribution < 1.29 is 9.63 Å². The van der Waals surface area contributed by atoms with Gasteiger partial charge < -0.3 is 4.84 Å². The minimum Gasteiger partial charge on any atom is -0.373 e. The lowest BCUT2D eigenvalue weighted by atomic mass is 10.1. The van der Waals surface area contributed by atoms with Crippen LogP contribution in [0.1, 0.15) is 18.3 Å². The summed E-state index contributed by atoms with van der Waals surface area (Å²) < 4.78 is 5.24. The number of aryl methyl sites for hydroxylation is 1. The van der Waals surface area contributed by atoms with Crippen molar-refractivity contribution in [2.75, 3.05) is 5.01 Å². The summed E-state index contributed by atoms with van der Waals surface area (Å²) in [6.45, 7) is 1.98. The summed E-state index contributed by atoms with van der Waals surface area (Å²) in [5.41, 5.74) is 2.34. The molecule has 0 amide bonds. The summed E-state index contributed by atoms with van der Waals surface area (Å²) in [5.74, 6) is 12.2. The molecule has 0 fully saturated rings. The van der Waals surface area contributed by atoms with Crippen molar-refractivity contribution in [3.8, 4) is 11.4 Å². The number of nitrogens with zero attached hydrogens (tertiary/aromatic N) is 4. The van der Waals surface area contributed by atoms with Gasteiger partial charge in [-0.05, 0) is 29.8 Å². The molecule has 1 heterocycles. The molecule has 0 aliphatic heterocycles. The molecule has 2 aromatic carbocycles. The Balaban J connectivity index is 1.93. The van der Waals surface area contributed by atoms with E-state index in [4.69, 9.17) is 11.7 Å². The van der Waals surface area contributed by atoms with Crippen molar-refractivity contribution >= 4 is 42.9 Å². The fourth-order valence-electron chi connectivity index (χ4n) is 2.61. The third-order valence-corrected chi connectivity index (χ3v) is 5.68. The molecule has 9 heteroatoms. The van der Waals surface area contributed by atoms with Crippen LogP contribution < -0.4 is 16.7 Å². The zero-order chi connectivity index (χ0) is 20.8. The number of hydrazine groups is 1. The van der Waals surface area contributed by atoms with Crippen molar-refractivity contribution in [2.24, 2.45) is 11.7 Å². The molecule has 0 aliphatic carbocycles. The fraction of sp³-hybridized carbons (Fsp3) is 0.150. The second-order valence-electron chi connectivity index (χ2n) is 6.08. The number of rotatable bonds is 7. The van der Waals surface area contributed by atoms with E-state index in [0.717, 1.165) is 11.1 Å². The Hall–Kier alpha value is -2.76. The lowest BCUT2D eigenvalue weighted by molar-refractivity contribution is -0.143. The van der Waals surface area contributed by atoms with E-state index in [2.05, 4.69) is 36.4 Å². The Bertz CT molecular complexity index is 1030. The minimum atomic E-state index is -0.510. The van der Waals surface area contributed by atoms with E-state index in [0.29, 0.717) is 29.7 Å². The van der Waals surface area contributed by atoms with E-state index in [1.165, 1.54) is 8.58 Å². The van der Waals surface area contributed by atoms with Crippen molar-refractivity contribution in [3.05, 3.63) is 63.5 Å². The van der Waals surface area contributed by atoms with Crippen LogP contribution in [-0.4, -0.2) is 25.4 Å². The van der Waals surface area contributed by atoms with E-state index in [9.17, 15) is 4.79 Å². The molecule has 4 N–H and O–H groups in total. The molecule has 29 heavy (non-hydrogen) atoms. The number of nitrogens with two attached hydrogens (primary N) is 2. The number of carbonyl (C=O) groups excluding carboxylic acids is 1. The van der Waals surface area contributed by atoms with Gasteiger partial charge in [0.25, 0.3) is 0 Å². The van der Waals surface area contributed by atoms with Gasteiger partial charge in [-0.25, -0.2) is 15.8 Å². The number of anilines is 2. The van der Waals surface area contributed by atoms with Crippen molar-refractivity contribution in [2.45, 2.75) is 19.8 Å². The van der Waals surface area contributed by atoms with E-state index >= 15 is 0 Å². The monoisotopic (exact) mass is 504 g/mol. The molecule has 0 saturated carbocycles. The first kappa shape index (κ1) is 21.0. The molecule has 0 aliphatic rings. The molecule has 8 nitrogen and oxygen atoms in total. The molecule has 0 bridgehead atoms. The van der Waals surface area contributed by atoms with Crippen LogP contribution in [0.2, 0.25) is 0 Å². The summed E-state index contributed by atoms with van der Waals surface area (Å²) in [4.78, 5) is 29.1. The number of benzene rings is 2. The molecule has 0 radical (unpaired) electrons. The minimum absolute atomic E-state index is 0.0858. The standard InChI is InChI=1S/C20H21IN6O2/c1-3-17-24-19(14-5-4-6-15(12-14)21-2)26-20(25-17)27(22)16-9-7-13(8-10-16)11-18(28)29-23/h4-10,12H,2-3,11,22-23H2,1H3. The molecule has 3 rings (SSSR count). The van der Waals surface area contributed by atoms with Gasteiger partial charge in [-0.15, -0.1) is 0 Å². The molecule has 0 saturated heterocycles. The first-order valence-corrected chi connectivity index (χ1v) is 11.4. The Morgan fingerprint density at radius 2 is 1.93 bits per heavy atom. The maximum Gasteiger partial charge on any atom is 0.328 e. The molecule has 150 valence electrons. The summed E-state index contributed by atoms with van der Waals surface area (Å²) in [7, 11) is 0. The normalized spacial score (nSPS) is 10.6. The van der Waals surface area contributed by atoms with Crippen molar-refractivity contribution in [1.82, 2.24) is 15.0 Å². The Morgan fingerprint density at radius 3 is 2.59 bits per heavy atom. The van der Waals surface area contributed by atoms with Crippen LogP contribution in [0.5, 0.6) is 0 Å². The van der Waals surface area contributed by atoms with Gasteiger partial charge in [-0.3, -0.25) is 4.79 Å². The van der Waals surface area contributed by atoms with Gasteiger partial charge in [0.2, 0.25) is 5.95 Å². The zero-order valence-electron chi connectivity index (χ0n) is 15.9. The van der Waals surface area contributed by atoms with Crippen LogP contribution in [0, 0.1) is 3.57 Å². The molecule has 1 aromatic heterocycles. The Labute approximate surface area is 178 Å². The van der Waals surface area contributed by atoms with Gasteiger partial charge in [0, 0.05) is 15.6 Å². The van der Waals surface area contributed by atoms with Crippen LogP contribution in [-0.2, 0) is 22.5 Å². The Morgan fingerprint density at radius 1 is 1.17 bits per heavy atom. The molecular formula is C20H21IN6O2. The highest BCUT2D eigenvalue weighted by Gasteiger charge is 2.14. The molecule has 0 spiro atoms. The highest BCUT2D eigenvalue weighted by Crippen LogP contribution is 2.24. The van der Waals surface area contributed by atoms with E-state index in [1.807, 2.05) is 19.1 Å². The molecular weight excluding hydrogens is 483 g/mol. The number of carbonyl (C=O) groups is 1. The first-order chi connectivity index (χ1) is 14.0. The smallest absolute Gasteiger partial charge is 0.328 e. The Kier molecular flexibility index (Phi) is 6.96. The highest BCUT2D eigenvalue weighted by atomic mass is 127. The predicted molar refractivity (Wildman–Crippen MR) is 121 cm³/mol. The lowest BCUT2D eigenvalue weighted by Crippen LogP contribution is -2.28. The van der Waals surface area contributed by atoms with E-state index < -0.39 is 5.97 Å². The lowest BCUT2D eigenvalue weighted by Gasteiger charge is -2.18. The maximum atomic E-state index is 11.3. The number of hydrogen-bond donors (Lipinski definition) is 2. The number of hydrogen-bond acceptors (Lipinski definition) is 8.